The van der Waals surface area contributed by atoms with Crippen molar-refractivity contribution in [3.63, 3.8) is 0 Å². The molecule has 0 radical (unpaired) electrons. The van der Waals surface area contributed by atoms with Gasteiger partial charge in [0.1, 0.15) is 12.4 Å². The minimum atomic E-state index is -4.83. The van der Waals surface area contributed by atoms with Gasteiger partial charge < -0.3 is 14.4 Å². The third kappa shape index (κ3) is 4.85. The lowest BCUT2D eigenvalue weighted by atomic mass is 10.5. The van der Waals surface area contributed by atoms with E-state index in [0.717, 1.165) is 0 Å². The highest BCUT2D eigenvalue weighted by Crippen LogP contribution is 2.27. The summed E-state index contributed by atoms with van der Waals surface area (Å²) in [5.41, 5.74) is -0.0648. The summed E-state index contributed by atoms with van der Waals surface area (Å²) >= 11 is 0. The van der Waals surface area contributed by atoms with Crippen molar-refractivity contribution in [2.45, 2.75) is 25.1 Å². The number of rotatable bonds is 2. The van der Waals surface area contributed by atoms with Crippen LogP contribution < -0.4 is 0 Å². The molecule has 0 spiro atoms. The zero-order chi connectivity index (χ0) is 13.8. The van der Waals surface area contributed by atoms with Crippen molar-refractivity contribution in [3.8, 4) is 0 Å². The van der Waals surface area contributed by atoms with E-state index in [2.05, 4.69) is 14.4 Å². The Kier molecular flexibility index (Phi) is 4.29. The molecular weight excluding hydrogens is 259 g/mol. The van der Waals surface area contributed by atoms with Crippen molar-refractivity contribution in [1.29, 1.82) is 0 Å². The summed E-state index contributed by atoms with van der Waals surface area (Å²) in [6.07, 6.45) is -2.98. The van der Waals surface area contributed by atoms with Gasteiger partial charge in [0.15, 0.2) is 5.69 Å². The Hall–Kier alpha value is -2.06. The first-order valence-electron chi connectivity index (χ1n) is 4.72. The van der Waals surface area contributed by atoms with E-state index < -0.39 is 24.2 Å². The fourth-order valence-electron chi connectivity index (χ4n) is 0.727. The summed E-state index contributed by atoms with van der Waals surface area (Å²) in [6.45, 7) is 0. The number of hydrogen-bond donors (Lipinski definition) is 1. The van der Waals surface area contributed by atoms with Crippen LogP contribution in [0.4, 0.5) is 13.2 Å². The van der Waals surface area contributed by atoms with Gasteiger partial charge in [-0.1, -0.05) is 5.16 Å². The molecule has 1 heterocycles. The van der Waals surface area contributed by atoms with Crippen LogP contribution in [0.1, 0.15) is 23.3 Å². The predicted molar refractivity (Wildman–Crippen MR) is 48.6 cm³/mol. The van der Waals surface area contributed by atoms with Gasteiger partial charge in [-0.05, 0) is 12.8 Å². The molecule has 0 bridgehead atoms. The predicted octanol–water partition coefficient (Wildman–Crippen LogP) is 1.63. The number of aromatic nitrogens is 1. The standard InChI is InChI=1S/C5H5F3O2.C4H3NO3/c6-5(7,8)4(9)10-3-1-2-3;6-4(7)3-1-2-8-5-3/h3H,1-2H2;1-2H,(H,6,7). The van der Waals surface area contributed by atoms with Gasteiger partial charge in [-0.15, -0.1) is 0 Å². The molecule has 1 saturated carbocycles. The molecule has 1 aliphatic rings. The van der Waals surface area contributed by atoms with E-state index >= 15 is 0 Å². The summed E-state index contributed by atoms with van der Waals surface area (Å²) < 4.78 is 42.3. The van der Waals surface area contributed by atoms with E-state index in [-0.39, 0.29) is 5.69 Å². The fraction of sp³-hybridized carbons (Fsp3) is 0.444. The molecule has 6 nitrogen and oxygen atoms in total. The molecule has 0 aromatic carbocycles. The highest BCUT2D eigenvalue weighted by Gasteiger charge is 2.43. The first-order valence-corrected chi connectivity index (χ1v) is 4.72. The molecule has 1 N–H and O–H groups in total. The minimum absolute atomic E-state index is 0.0648. The highest BCUT2D eigenvalue weighted by molar-refractivity contribution is 5.84. The Labute approximate surface area is 98.3 Å². The lowest BCUT2D eigenvalue weighted by Crippen LogP contribution is -2.25. The Morgan fingerprint density at radius 3 is 2.33 bits per heavy atom. The maximum Gasteiger partial charge on any atom is 0.490 e. The third-order valence-corrected chi connectivity index (χ3v) is 1.69. The molecule has 1 aromatic rings. The van der Waals surface area contributed by atoms with Crippen molar-refractivity contribution in [3.05, 3.63) is 18.0 Å². The summed E-state index contributed by atoms with van der Waals surface area (Å²) in [5, 5.41) is 11.3. The van der Waals surface area contributed by atoms with Crippen LogP contribution in [0.5, 0.6) is 0 Å². The molecule has 0 amide bonds. The Morgan fingerprint density at radius 1 is 1.44 bits per heavy atom. The molecule has 9 heteroatoms. The van der Waals surface area contributed by atoms with Gasteiger partial charge in [-0.2, -0.15) is 13.2 Å². The number of esters is 1. The molecule has 0 unspecified atom stereocenters. The average Bonchev–Trinajstić information content (AvgIpc) is 2.90. The van der Waals surface area contributed by atoms with E-state index in [4.69, 9.17) is 5.11 Å². The molecule has 2 rings (SSSR count). The normalized spacial score (nSPS) is 14.4. The van der Waals surface area contributed by atoms with Crippen LogP contribution in [0.2, 0.25) is 0 Å². The second-order valence-electron chi connectivity index (χ2n) is 3.29. The summed E-state index contributed by atoms with van der Waals surface area (Å²) in [4.78, 5) is 19.9. The van der Waals surface area contributed by atoms with Gasteiger partial charge in [0.05, 0.1) is 0 Å². The summed E-state index contributed by atoms with van der Waals surface area (Å²) in [7, 11) is 0. The number of carbonyl (C=O) groups is 2. The number of carboxylic acid groups (broad SMARTS) is 1. The monoisotopic (exact) mass is 267 g/mol. The van der Waals surface area contributed by atoms with Crippen molar-refractivity contribution in [1.82, 2.24) is 5.16 Å². The second kappa shape index (κ2) is 5.52. The maximum atomic E-state index is 11.4. The zero-order valence-electron chi connectivity index (χ0n) is 8.81. The maximum absolute atomic E-state index is 11.4. The van der Waals surface area contributed by atoms with Crippen molar-refractivity contribution in [2.75, 3.05) is 0 Å². The van der Waals surface area contributed by atoms with Crippen molar-refractivity contribution < 1.29 is 37.1 Å². The number of aromatic carboxylic acids is 1. The number of ether oxygens (including phenoxy) is 1. The van der Waals surface area contributed by atoms with Crippen LogP contribution >= 0.6 is 0 Å². The van der Waals surface area contributed by atoms with Gasteiger partial charge in [-0.25, -0.2) is 9.59 Å². The van der Waals surface area contributed by atoms with Crippen LogP contribution in [0.25, 0.3) is 0 Å². The third-order valence-electron chi connectivity index (χ3n) is 1.69. The van der Waals surface area contributed by atoms with Crippen LogP contribution in [-0.2, 0) is 9.53 Å². The van der Waals surface area contributed by atoms with Crippen LogP contribution in [0, 0.1) is 0 Å². The van der Waals surface area contributed by atoms with E-state index in [0.29, 0.717) is 12.8 Å². The zero-order valence-corrected chi connectivity index (χ0v) is 8.81. The van der Waals surface area contributed by atoms with Crippen LogP contribution in [0.3, 0.4) is 0 Å². The lowest BCUT2D eigenvalue weighted by Gasteiger charge is -2.04. The molecule has 100 valence electrons. The SMILES string of the molecule is O=C(O)c1ccon1.O=C(OC1CC1)C(F)(F)F. The summed E-state index contributed by atoms with van der Waals surface area (Å²) in [6, 6.07) is 1.28. The van der Waals surface area contributed by atoms with Gasteiger partial charge >= 0.3 is 18.1 Å². The van der Waals surface area contributed by atoms with Gasteiger partial charge in [-0.3, -0.25) is 0 Å². The first kappa shape index (κ1) is 14.0. The number of hydrogen-bond acceptors (Lipinski definition) is 5. The molecule has 18 heavy (non-hydrogen) atoms. The molecule has 1 aliphatic carbocycles. The lowest BCUT2D eigenvalue weighted by molar-refractivity contribution is -0.200. The van der Waals surface area contributed by atoms with E-state index in [9.17, 15) is 22.8 Å². The number of alkyl halides is 3. The smallest absolute Gasteiger partial charge is 0.476 e. The highest BCUT2D eigenvalue weighted by atomic mass is 19.4. The molecule has 0 saturated heterocycles. The van der Waals surface area contributed by atoms with E-state index in [1.807, 2.05) is 0 Å². The molecule has 0 aliphatic heterocycles. The Bertz CT molecular complexity index is 410. The topological polar surface area (TPSA) is 89.6 Å². The molecule has 1 fully saturated rings. The number of carbonyl (C=O) groups excluding carboxylic acids is 1. The number of halogens is 3. The Morgan fingerprint density at radius 2 is 2.06 bits per heavy atom. The number of nitrogens with zero attached hydrogens (tertiary/aromatic N) is 1. The van der Waals surface area contributed by atoms with Crippen LogP contribution in [-0.4, -0.2) is 34.5 Å². The fourth-order valence-corrected chi connectivity index (χ4v) is 0.727. The van der Waals surface area contributed by atoms with Gasteiger partial charge in [0.25, 0.3) is 0 Å². The van der Waals surface area contributed by atoms with Gasteiger partial charge in [0, 0.05) is 6.07 Å². The van der Waals surface area contributed by atoms with Gasteiger partial charge in [0.2, 0.25) is 0 Å². The number of carboxylic acids is 1. The molecule has 0 atom stereocenters. The van der Waals surface area contributed by atoms with Crippen molar-refractivity contribution >= 4 is 11.9 Å². The average molecular weight is 267 g/mol. The van der Waals surface area contributed by atoms with E-state index in [1.54, 1.807) is 0 Å². The molecular formula is C9H8F3NO5. The van der Waals surface area contributed by atoms with E-state index in [1.165, 1.54) is 12.3 Å². The van der Waals surface area contributed by atoms with Crippen LogP contribution in [0.15, 0.2) is 16.9 Å². The molecule has 1 aromatic heterocycles. The van der Waals surface area contributed by atoms with Crippen molar-refractivity contribution in [2.24, 2.45) is 0 Å². The first-order chi connectivity index (χ1) is 8.30. The summed E-state index contributed by atoms with van der Waals surface area (Å²) in [5.74, 6) is -3.14. The Balaban J connectivity index is 0.000000184. The minimum Gasteiger partial charge on any atom is -0.476 e. The largest absolute Gasteiger partial charge is 0.490 e. The quantitative estimate of drug-likeness (QED) is 0.819. The second-order valence-corrected chi connectivity index (χ2v) is 3.29.